The predicted octanol–water partition coefficient (Wildman–Crippen LogP) is 0.484. The normalized spacial score (nSPS) is 25.8. The van der Waals surface area contributed by atoms with Crippen LogP contribution in [0.15, 0.2) is 0 Å². The standard InChI is InChI=1S/C12H21N5O/c13-7-9-1-4-17(5-2-9)12-14-11(15-16-12)10-3-6-18-8-10/h9-10H,1-8,13H2,(H,14,15,16). The van der Waals surface area contributed by atoms with Gasteiger partial charge in [0.1, 0.15) is 5.82 Å². The molecular weight excluding hydrogens is 230 g/mol. The summed E-state index contributed by atoms with van der Waals surface area (Å²) >= 11 is 0. The third kappa shape index (κ3) is 2.35. The molecule has 18 heavy (non-hydrogen) atoms. The zero-order valence-electron chi connectivity index (χ0n) is 10.6. The Bertz CT molecular complexity index is 380. The number of aromatic nitrogens is 3. The lowest BCUT2D eigenvalue weighted by Gasteiger charge is -2.30. The Kier molecular flexibility index (Phi) is 3.47. The fourth-order valence-corrected chi connectivity index (χ4v) is 2.71. The number of hydrogen-bond donors (Lipinski definition) is 2. The molecule has 3 N–H and O–H groups in total. The first kappa shape index (κ1) is 11.9. The number of H-pyrrole nitrogens is 1. The highest BCUT2D eigenvalue weighted by Gasteiger charge is 2.24. The molecule has 6 nitrogen and oxygen atoms in total. The molecule has 3 rings (SSSR count). The fraction of sp³-hybridized carbons (Fsp3) is 0.833. The van der Waals surface area contributed by atoms with Gasteiger partial charge in [-0.25, -0.2) is 0 Å². The van der Waals surface area contributed by atoms with Gasteiger partial charge in [-0.05, 0) is 31.7 Å². The summed E-state index contributed by atoms with van der Waals surface area (Å²) in [4.78, 5) is 6.87. The van der Waals surface area contributed by atoms with E-state index in [1.807, 2.05) is 0 Å². The summed E-state index contributed by atoms with van der Waals surface area (Å²) in [5, 5.41) is 7.40. The van der Waals surface area contributed by atoms with Gasteiger partial charge >= 0.3 is 0 Å². The van der Waals surface area contributed by atoms with Crippen molar-refractivity contribution in [2.24, 2.45) is 11.7 Å². The van der Waals surface area contributed by atoms with Crippen LogP contribution >= 0.6 is 0 Å². The van der Waals surface area contributed by atoms with E-state index < -0.39 is 0 Å². The van der Waals surface area contributed by atoms with Crippen LogP contribution in [0.1, 0.15) is 31.0 Å². The molecule has 0 spiro atoms. The predicted molar refractivity (Wildman–Crippen MR) is 68.6 cm³/mol. The van der Waals surface area contributed by atoms with Gasteiger partial charge in [0.05, 0.1) is 6.61 Å². The third-order valence-corrected chi connectivity index (χ3v) is 4.04. The van der Waals surface area contributed by atoms with E-state index in [9.17, 15) is 0 Å². The smallest absolute Gasteiger partial charge is 0.244 e. The van der Waals surface area contributed by atoms with Gasteiger partial charge in [-0.3, -0.25) is 5.10 Å². The first-order valence-electron chi connectivity index (χ1n) is 6.82. The van der Waals surface area contributed by atoms with E-state index in [0.717, 1.165) is 63.9 Å². The number of piperidine rings is 1. The van der Waals surface area contributed by atoms with Crippen molar-refractivity contribution in [2.45, 2.75) is 25.2 Å². The quantitative estimate of drug-likeness (QED) is 0.817. The Hall–Kier alpha value is -1.14. The number of hydrogen-bond acceptors (Lipinski definition) is 5. The highest BCUT2D eigenvalue weighted by Crippen LogP contribution is 2.25. The molecule has 3 heterocycles. The molecule has 1 aromatic rings. The van der Waals surface area contributed by atoms with E-state index in [1.165, 1.54) is 0 Å². The zero-order valence-corrected chi connectivity index (χ0v) is 10.6. The van der Waals surface area contributed by atoms with Crippen molar-refractivity contribution in [2.75, 3.05) is 37.7 Å². The number of aromatic amines is 1. The highest BCUT2D eigenvalue weighted by atomic mass is 16.5. The number of ether oxygens (including phenoxy) is 1. The van der Waals surface area contributed by atoms with Gasteiger partial charge in [-0.2, -0.15) is 4.98 Å². The molecule has 0 bridgehead atoms. The molecule has 0 aliphatic carbocycles. The molecular formula is C12H21N5O. The summed E-state index contributed by atoms with van der Waals surface area (Å²) in [7, 11) is 0. The van der Waals surface area contributed by atoms with Crippen LogP contribution in [0.25, 0.3) is 0 Å². The number of rotatable bonds is 3. The van der Waals surface area contributed by atoms with Gasteiger partial charge in [0, 0.05) is 25.6 Å². The maximum absolute atomic E-state index is 5.70. The Morgan fingerprint density at radius 1 is 1.33 bits per heavy atom. The molecule has 1 unspecified atom stereocenters. The molecule has 2 aliphatic rings. The summed E-state index contributed by atoms with van der Waals surface area (Å²) in [5.74, 6) is 2.88. The van der Waals surface area contributed by atoms with E-state index >= 15 is 0 Å². The topological polar surface area (TPSA) is 80.1 Å². The van der Waals surface area contributed by atoms with Gasteiger partial charge in [-0.1, -0.05) is 0 Å². The van der Waals surface area contributed by atoms with Crippen LogP contribution in [0, 0.1) is 5.92 Å². The van der Waals surface area contributed by atoms with Crippen LogP contribution < -0.4 is 10.6 Å². The second kappa shape index (κ2) is 5.24. The van der Waals surface area contributed by atoms with E-state index in [-0.39, 0.29) is 0 Å². The third-order valence-electron chi connectivity index (χ3n) is 4.04. The fourth-order valence-electron chi connectivity index (χ4n) is 2.71. The van der Waals surface area contributed by atoms with Crippen LogP contribution in [0.2, 0.25) is 0 Å². The molecule has 6 heteroatoms. The average molecular weight is 251 g/mol. The van der Waals surface area contributed by atoms with Gasteiger partial charge in [-0.15, -0.1) is 5.10 Å². The van der Waals surface area contributed by atoms with Crippen LogP contribution in [0.5, 0.6) is 0 Å². The summed E-state index contributed by atoms with van der Waals surface area (Å²) < 4.78 is 5.38. The SMILES string of the molecule is NCC1CCN(c2n[nH]c(C3CCOC3)n2)CC1. The minimum atomic E-state index is 0.396. The molecule has 0 amide bonds. The van der Waals surface area contributed by atoms with Crippen molar-refractivity contribution in [3.05, 3.63) is 5.82 Å². The van der Waals surface area contributed by atoms with E-state index in [1.54, 1.807) is 0 Å². The van der Waals surface area contributed by atoms with Crippen LogP contribution in [0.3, 0.4) is 0 Å². The van der Waals surface area contributed by atoms with Crippen molar-refractivity contribution in [3.8, 4) is 0 Å². The Labute approximate surface area is 107 Å². The highest BCUT2D eigenvalue weighted by molar-refractivity contribution is 5.30. The second-order valence-electron chi connectivity index (χ2n) is 5.25. The van der Waals surface area contributed by atoms with Crippen LogP contribution in [0.4, 0.5) is 5.95 Å². The molecule has 0 saturated carbocycles. The number of anilines is 1. The van der Waals surface area contributed by atoms with Gasteiger partial charge in [0.25, 0.3) is 0 Å². The number of nitrogens with zero attached hydrogens (tertiary/aromatic N) is 3. The lowest BCUT2D eigenvalue weighted by Crippen LogP contribution is -2.36. The Morgan fingerprint density at radius 3 is 2.83 bits per heavy atom. The zero-order chi connectivity index (χ0) is 12.4. The monoisotopic (exact) mass is 251 g/mol. The minimum Gasteiger partial charge on any atom is -0.381 e. The van der Waals surface area contributed by atoms with Crippen LogP contribution in [-0.4, -0.2) is 48.0 Å². The molecule has 2 aliphatic heterocycles. The van der Waals surface area contributed by atoms with Gasteiger partial charge < -0.3 is 15.4 Å². The largest absolute Gasteiger partial charge is 0.381 e. The summed E-state index contributed by atoms with van der Waals surface area (Å²) in [6.07, 6.45) is 3.34. The lowest BCUT2D eigenvalue weighted by molar-refractivity contribution is 0.193. The van der Waals surface area contributed by atoms with Crippen molar-refractivity contribution < 1.29 is 4.74 Å². The van der Waals surface area contributed by atoms with Crippen molar-refractivity contribution in [3.63, 3.8) is 0 Å². The maximum atomic E-state index is 5.70. The van der Waals surface area contributed by atoms with Gasteiger partial charge in [0.2, 0.25) is 5.95 Å². The number of nitrogens with two attached hydrogens (primary N) is 1. The molecule has 100 valence electrons. The van der Waals surface area contributed by atoms with Crippen LogP contribution in [-0.2, 0) is 4.74 Å². The molecule has 2 fully saturated rings. The summed E-state index contributed by atoms with van der Waals surface area (Å²) in [6.45, 7) is 4.43. The lowest BCUT2D eigenvalue weighted by atomic mass is 9.97. The van der Waals surface area contributed by atoms with Crippen molar-refractivity contribution in [1.29, 1.82) is 0 Å². The number of nitrogens with one attached hydrogen (secondary N) is 1. The van der Waals surface area contributed by atoms with Gasteiger partial charge in [0.15, 0.2) is 0 Å². The Morgan fingerprint density at radius 2 is 2.17 bits per heavy atom. The summed E-state index contributed by atoms with van der Waals surface area (Å²) in [6, 6.07) is 0. The molecule has 0 aromatic carbocycles. The van der Waals surface area contributed by atoms with Crippen molar-refractivity contribution in [1.82, 2.24) is 15.2 Å². The molecule has 1 atom stereocenters. The van der Waals surface area contributed by atoms with E-state index in [4.69, 9.17) is 10.5 Å². The first-order chi connectivity index (χ1) is 8.86. The van der Waals surface area contributed by atoms with E-state index in [0.29, 0.717) is 11.8 Å². The molecule has 1 aromatic heterocycles. The average Bonchev–Trinajstić information content (AvgIpc) is 3.09. The maximum Gasteiger partial charge on any atom is 0.244 e. The van der Waals surface area contributed by atoms with Crippen molar-refractivity contribution >= 4 is 5.95 Å². The molecule has 2 saturated heterocycles. The molecule has 0 radical (unpaired) electrons. The minimum absolute atomic E-state index is 0.396. The second-order valence-corrected chi connectivity index (χ2v) is 5.25. The first-order valence-corrected chi connectivity index (χ1v) is 6.82. The van der Waals surface area contributed by atoms with E-state index in [2.05, 4.69) is 20.1 Å². The summed E-state index contributed by atoms with van der Waals surface area (Å²) in [5.41, 5.74) is 5.70. The Balaban J connectivity index is 1.62.